The van der Waals surface area contributed by atoms with Crippen LogP contribution < -0.4 is 0 Å². The van der Waals surface area contributed by atoms with Crippen molar-refractivity contribution in [2.75, 3.05) is 20.2 Å². The van der Waals surface area contributed by atoms with Crippen LogP contribution >= 0.6 is 0 Å². The molecule has 0 saturated carbocycles. The van der Waals surface area contributed by atoms with Gasteiger partial charge < -0.3 is 9.64 Å². The van der Waals surface area contributed by atoms with Crippen molar-refractivity contribution in [1.29, 1.82) is 0 Å². The van der Waals surface area contributed by atoms with Gasteiger partial charge in [0.2, 0.25) is 5.91 Å². The quantitative estimate of drug-likeness (QED) is 0.697. The number of carbonyl (C=O) groups excluding carboxylic acids is 1. The van der Waals surface area contributed by atoms with Crippen LogP contribution in [0.15, 0.2) is 30.3 Å². The molecule has 80 valence electrons. The summed E-state index contributed by atoms with van der Waals surface area (Å²) in [5, 5.41) is 0. The molecule has 0 bridgehead atoms. The zero-order valence-electron chi connectivity index (χ0n) is 8.85. The van der Waals surface area contributed by atoms with Crippen LogP contribution in [-0.4, -0.2) is 31.0 Å². The van der Waals surface area contributed by atoms with Crippen LogP contribution in [0.3, 0.4) is 0 Å². The van der Waals surface area contributed by atoms with Gasteiger partial charge in [-0.2, -0.15) is 0 Å². The van der Waals surface area contributed by atoms with Gasteiger partial charge in [0.15, 0.2) is 0 Å². The molecule has 1 aliphatic heterocycles. The van der Waals surface area contributed by atoms with E-state index in [1.54, 1.807) is 4.90 Å². The third kappa shape index (κ3) is 2.36. The van der Waals surface area contributed by atoms with Gasteiger partial charge in [-0.1, -0.05) is 30.3 Å². The summed E-state index contributed by atoms with van der Waals surface area (Å²) in [6, 6.07) is 10.0. The summed E-state index contributed by atoms with van der Waals surface area (Å²) in [6.07, 6.45) is 0.502. The van der Waals surface area contributed by atoms with E-state index >= 15 is 0 Å². The Morgan fingerprint density at radius 3 is 2.80 bits per heavy atom. The third-order valence-corrected chi connectivity index (χ3v) is 2.67. The van der Waals surface area contributed by atoms with Crippen LogP contribution in [0, 0.1) is 0 Å². The van der Waals surface area contributed by atoms with Crippen LogP contribution in [0.2, 0.25) is 0 Å². The summed E-state index contributed by atoms with van der Waals surface area (Å²) < 4.78 is 5.67. The molecule has 1 atom stereocenters. The van der Waals surface area contributed by atoms with Crippen LogP contribution in [0.5, 0.6) is 0 Å². The topological polar surface area (TPSA) is 29.5 Å². The number of ether oxygens (including phenoxy) is 1. The minimum absolute atomic E-state index is 0.0163. The molecule has 0 aliphatic carbocycles. The number of amides is 1. The molecule has 1 saturated heterocycles. The fraction of sp³-hybridized carbons (Fsp3) is 0.417. The van der Waals surface area contributed by atoms with E-state index in [1.165, 1.54) is 0 Å². The van der Waals surface area contributed by atoms with Gasteiger partial charge in [0.25, 0.3) is 0 Å². The number of benzene rings is 1. The molecule has 0 radical (unpaired) electrons. The Balaban J connectivity index is 2.13. The Labute approximate surface area is 89.7 Å². The van der Waals surface area contributed by atoms with E-state index < -0.39 is 0 Å². The van der Waals surface area contributed by atoms with Crippen molar-refractivity contribution in [2.45, 2.75) is 12.5 Å². The zero-order chi connectivity index (χ0) is 10.7. The predicted molar refractivity (Wildman–Crippen MR) is 57.4 cm³/mol. The molecule has 1 aliphatic rings. The van der Waals surface area contributed by atoms with Crippen molar-refractivity contribution in [3.63, 3.8) is 0 Å². The lowest BCUT2D eigenvalue weighted by molar-refractivity contribution is -0.129. The molecule has 3 nitrogen and oxygen atoms in total. The van der Waals surface area contributed by atoms with Gasteiger partial charge in [0.05, 0.1) is 19.6 Å². The second kappa shape index (κ2) is 4.45. The van der Waals surface area contributed by atoms with Crippen LogP contribution in [0.4, 0.5) is 0 Å². The highest BCUT2D eigenvalue weighted by atomic mass is 16.5. The smallest absolute Gasteiger partial charge is 0.224 e. The average molecular weight is 205 g/mol. The SMILES string of the molecule is CN1CC(c2ccccc2)OCCC1=O. The average Bonchev–Trinajstić information content (AvgIpc) is 2.43. The largest absolute Gasteiger partial charge is 0.371 e. The summed E-state index contributed by atoms with van der Waals surface area (Å²) >= 11 is 0. The van der Waals surface area contributed by atoms with E-state index in [0.717, 1.165) is 5.56 Å². The predicted octanol–water partition coefficient (Wildman–Crippen LogP) is 1.61. The summed E-state index contributed by atoms with van der Waals surface area (Å²) in [5.41, 5.74) is 1.14. The summed E-state index contributed by atoms with van der Waals surface area (Å²) in [4.78, 5) is 13.2. The van der Waals surface area contributed by atoms with E-state index in [0.29, 0.717) is 19.6 Å². The minimum atomic E-state index is 0.0163. The molecule has 1 amide bonds. The highest BCUT2D eigenvalue weighted by molar-refractivity contribution is 5.76. The Kier molecular flexibility index (Phi) is 3.02. The number of carbonyl (C=O) groups is 1. The Hall–Kier alpha value is -1.35. The van der Waals surface area contributed by atoms with Gasteiger partial charge >= 0.3 is 0 Å². The van der Waals surface area contributed by atoms with Gasteiger partial charge in [0, 0.05) is 7.05 Å². The Bertz CT molecular complexity index is 337. The molecule has 1 unspecified atom stereocenters. The second-order valence-corrected chi connectivity index (χ2v) is 3.79. The van der Waals surface area contributed by atoms with Crippen molar-refractivity contribution < 1.29 is 9.53 Å². The maximum atomic E-state index is 11.4. The molecule has 2 rings (SSSR count). The van der Waals surface area contributed by atoms with Gasteiger partial charge in [-0.15, -0.1) is 0 Å². The highest BCUT2D eigenvalue weighted by Gasteiger charge is 2.21. The first kappa shape index (κ1) is 10.2. The molecule has 1 heterocycles. The normalized spacial score (nSPS) is 22.6. The van der Waals surface area contributed by atoms with Gasteiger partial charge in [-0.05, 0) is 5.56 Å². The first-order chi connectivity index (χ1) is 7.27. The van der Waals surface area contributed by atoms with E-state index in [1.807, 2.05) is 37.4 Å². The molecule has 1 aromatic rings. The van der Waals surface area contributed by atoms with Crippen molar-refractivity contribution in [3.8, 4) is 0 Å². The standard InChI is InChI=1S/C12H15NO2/c1-13-9-11(15-8-7-12(13)14)10-5-3-2-4-6-10/h2-6,11H,7-9H2,1H3. The minimum Gasteiger partial charge on any atom is -0.371 e. The number of likely N-dealkylation sites (N-methyl/N-ethyl adjacent to an activating group) is 1. The van der Waals surface area contributed by atoms with E-state index in [-0.39, 0.29) is 12.0 Å². The molecular weight excluding hydrogens is 190 g/mol. The maximum absolute atomic E-state index is 11.4. The van der Waals surface area contributed by atoms with Crippen LogP contribution in [-0.2, 0) is 9.53 Å². The van der Waals surface area contributed by atoms with Gasteiger partial charge in [0.1, 0.15) is 6.10 Å². The maximum Gasteiger partial charge on any atom is 0.224 e. The van der Waals surface area contributed by atoms with E-state index in [9.17, 15) is 4.79 Å². The first-order valence-electron chi connectivity index (χ1n) is 5.18. The molecule has 0 spiro atoms. The number of nitrogens with zero attached hydrogens (tertiary/aromatic N) is 1. The zero-order valence-corrected chi connectivity index (χ0v) is 8.85. The molecular formula is C12H15NO2. The van der Waals surface area contributed by atoms with Gasteiger partial charge in [-0.25, -0.2) is 0 Å². The molecule has 0 aromatic heterocycles. The second-order valence-electron chi connectivity index (χ2n) is 3.79. The van der Waals surface area contributed by atoms with Crippen molar-refractivity contribution in [3.05, 3.63) is 35.9 Å². The van der Waals surface area contributed by atoms with Crippen molar-refractivity contribution in [1.82, 2.24) is 4.90 Å². The molecule has 3 heteroatoms. The third-order valence-electron chi connectivity index (χ3n) is 2.67. The highest BCUT2D eigenvalue weighted by Crippen LogP contribution is 2.20. The lowest BCUT2D eigenvalue weighted by atomic mass is 10.1. The fourth-order valence-corrected chi connectivity index (χ4v) is 1.75. The van der Waals surface area contributed by atoms with Gasteiger partial charge in [-0.3, -0.25) is 4.79 Å². The number of rotatable bonds is 1. The Morgan fingerprint density at radius 1 is 1.33 bits per heavy atom. The molecule has 1 aromatic carbocycles. The van der Waals surface area contributed by atoms with E-state index in [4.69, 9.17) is 4.74 Å². The Morgan fingerprint density at radius 2 is 2.07 bits per heavy atom. The lowest BCUT2D eigenvalue weighted by Gasteiger charge is -2.20. The number of hydrogen-bond donors (Lipinski definition) is 0. The van der Waals surface area contributed by atoms with Crippen molar-refractivity contribution in [2.24, 2.45) is 0 Å². The summed E-state index contributed by atoms with van der Waals surface area (Å²) in [6.45, 7) is 1.16. The summed E-state index contributed by atoms with van der Waals surface area (Å²) in [7, 11) is 1.83. The molecule has 0 N–H and O–H groups in total. The summed E-state index contributed by atoms with van der Waals surface area (Å²) in [5.74, 6) is 0.161. The fourth-order valence-electron chi connectivity index (χ4n) is 1.75. The molecule has 1 fully saturated rings. The lowest BCUT2D eigenvalue weighted by Crippen LogP contribution is -2.28. The van der Waals surface area contributed by atoms with Crippen LogP contribution in [0.1, 0.15) is 18.1 Å². The number of hydrogen-bond acceptors (Lipinski definition) is 2. The molecule has 15 heavy (non-hydrogen) atoms. The van der Waals surface area contributed by atoms with E-state index in [2.05, 4.69) is 0 Å². The monoisotopic (exact) mass is 205 g/mol. The van der Waals surface area contributed by atoms with Crippen molar-refractivity contribution >= 4 is 5.91 Å². The van der Waals surface area contributed by atoms with Crippen LogP contribution in [0.25, 0.3) is 0 Å². The first-order valence-corrected chi connectivity index (χ1v) is 5.18.